The van der Waals surface area contributed by atoms with Crippen molar-refractivity contribution in [1.82, 2.24) is 0 Å². The summed E-state index contributed by atoms with van der Waals surface area (Å²) in [6, 6.07) is 13.0. The number of hydrogen-bond donors (Lipinski definition) is 3. The highest BCUT2D eigenvalue weighted by atomic mass is 35.5. The fraction of sp³-hybridized carbons (Fsp3) is 0.143. The van der Waals surface area contributed by atoms with Crippen LogP contribution >= 0.6 is 12.4 Å². The van der Waals surface area contributed by atoms with Crippen molar-refractivity contribution in [1.29, 1.82) is 0 Å². The molecule has 96 valence electrons. The molecule has 2 aromatic carbocycles. The molecule has 0 radical (unpaired) electrons. The van der Waals surface area contributed by atoms with Gasteiger partial charge in [-0.1, -0.05) is 12.1 Å². The van der Waals surface area contributed by atoms with E-state index in [2.05, 4.69) is 5.32 Å². The zero-order valence-electron chi connectivity index (χ0n) is 10.2. The Morgan fingerprint density at radius 2 is 1.78 bits per heavy atom. The van der Waals surface area contributed by atoms with Crippen molar-refractivity contribution in [2.45, 2.75) is 13.5 Å². The van der Waals surface area contributed by atoms with Gasteiger partial charge < -0.3 is 16.2 Å². The van der Waals surface area contributed by atoms with E-state index < -0.39 is 0 Å². The molecule has 0 aromatic heterocycles. The lowest BCUT2D eigenvalue weighted by molar-refractivity contribution is 0.475. The van der Waals surface area contributed by atoms with Crippen molar-refractivity contribution in [3.05, 3.63) is 53.6 Å². The molecule has 0 fully saturated rings. The summed E-state index contributed by atoms with van der Waals surface area (Å²) in [5, 5.41) is 12.5. The minimum absolute atomic E-state index is 0. The first-order valence-electron chi connectivity index (χ1n) is 5.53. The predicted octanol–water partition coefficient (Wildman–Crippen LogP) is 3.32. The topological polar surface area (TPSA) is 58.3 Å². The molecule has 0 unspecified atom stereocenters. The van der Waals surface area contributed by atoms with Gasteiger partial charge in [0.2, 0.25) is 0 Å². The van der Waals surface area contributed by atoms with Crippen LogP contribution in [0.3, 0.4) is 0 Å². The lowest BCUT2D eigenvalue weighted by atomic mass is 10.1. The van der Waals surface area contributed by atoms with Crippen LogP contribution in [0.4, 0.5) is 11.4 Å². The predicted molar refractivity (Wildman–Crippen MR) is 78.3 cm³/mol. The lowest BCUT2D eigenvalue weighted by Gasteiger charge is -2.10. The number of anilines is 2. The van der Waals surface area contributed by atoms with Gasteiger partial charge in [0.25, 0.3) is 0 Å². The highest BCUT2D eigenvalue weighted by molar-refractivity contribution is 5.85. The van der Waals surface area contributed by atoms with Crippen LogP contribution in [0.25, 0.3) is 0 Å². The van der Waals surface area contributed by atoms with Crippen molar-refractivity contribution in [2.75, 3.05) is 11.1 Å². The SMILES string of the molecule is Cc1cc(N)ccc1NCc1ccc(O)cc1.Cl. The second-order valence-electron chi connectivity index (χ2n) is 4.09. The highest BCUT2D eigenvalue weighted by Gasteiger charge is 1.98. The summed E-state index contributed by atoms with van der Waals surface area (Å²) >= 11 is 0. The Bertz CT molecular complexity index is 512. The van der Waals surface area contributed by atoms with Crippen LogP contribution in [0.5, 0.6) is 5.75 Å². The summed E-state index contributed by atoms with van der Waals surface area (Å²) in [7, 11) is 0. The van der Waals surface area contributed by atoms with Gasteiger partial charge in [-0.25, -0.2) is 0 Å². The number of phenols is 1. The summed E-state index contributed by atoms with van der Waals surface area (Å²) in [6.07, 6.45) is 0. The molecule has 2 rings (SSSR count). The van der Waals surface area contributed by atoms with E-state index in [1.165, 1.54) is 0 Å². The van der Waals surface area contributed by atoms with Gasteiger partial charge in [0.15, 0.2) is 0 Å². The quantitative estimate of drug-likeness (QED) is 0.746. The average Bonchev–Trinajstić information content (AvgIpc) is 2.30. The molecule has 0 aliphatic heterocycles. The van der Waals surface area contributed by atoms with Crippen LogP contribution in [0.15, 0.2) is 42.5 Å². The van der Waals surface area contributed by atoms with Crippen molar-refractivity contribution in [2.24, 2.45) is 0 Å². The largest absolute Gasteiger partial charge is 0.508 e. The molecule has 0 amide bonds. The maximum atomic E-state index is 9.18. The van der Waals surface area contributed by atoms with Crippen molar-refractivity contribution in [3.8, 4) is 5.75 Å². The number of nitrogens with one attached hydrogen (secondary N) is 1. The number of halogens is 1. The molecule has 0 bridgehead atoms. The minimum atomic E-state index is 0. The third-order valence-corrected chi connectivity index (χ3v) is 2.67. The third-order valence-electron chi connectivity index (χ3n) is 2.67. The van der Waals surface area contributed by atoms with E-state index >= 15 is 0 Å². The van der Waals surface area contributed by atoms with E-state index in [9.17, 15) is 5.11 Å². The minimum Gasteiger partial charge on any atom is -0.508 e. The Morgan fingerprint density at radius 1 is 1.11 bits per heavy atom. The van der Waals surface area contributed by atoms with Gasteiger partial charge in [0.1, 0.15) is 5.75 Å². The zero-order valence-corrected chi connectivity index (χ0v) is 11.0. The smallest absolute Gasteiger partial charge is 0.115 e. The molecule has 18 heavy (non-hydrogen) atoms. The molecule has 4 heteroatoms. The Hall–Kier alpha value is -1.87. The van der Waals surface area contributed by atoms with E-state index in [4.69, 9.17) is 5.73 Å². The Kier molecular flexibility index (Phi) is 4.86. The second kappa shape index (κ2) is 6.17. The summed E-state index contributed by atoms with van der Waals surface area (Å²) < 4.78 is 0. The first-order valence-corrected chi connectivity index (χ1v) is 5.53. The second-order valence-corrected chi connectivity index (χ2v) is 4.09. The number of rotatable bonds is 3. The number of phenolic OH excluding ortho intramolecular Hbond substituents is 1. The van der Waals surface area contributed by atoms with Crippen LogP contribution in [-0.2, 0) is 6.54 Å². The monoisotopic (exact) mass is 264 g/mol. The van der Waals surface area contributed by atoms with E-state index in [0.29, 0.717) is 0 Å². The average molecular weight is 265 g/mol. The normalized spacial score (nSPS) is 9.61. The number of nitrogen functional groups attached to an aromatic ring is 1. The van der Waals surface area contributed by atoms with Crippen molar-refractivity contribution < 1.29 is 5.11 Å². The van der Waals surface area contributed by atoms with Gasteiger partial charge in [-0.3, -0.25) is 0 Å². The third kappa shape index (κ3) is 3.57. The van der Waals surface area contributed by atoms with E-state index in [-0.39, 0.29) is 18.2 Å². The van der Waals surface area contributed by atoms with Crippen LogP contribution in [0.2, 0.25) is 0 Å². The van der Waals surface area contributed by atoms with E-state index in [0.717, 1.165) is 29.0 Å². The molecule has 0 saturated heterocycles. The number of hydrogen-bond acceptors (Lipinski definition) is 3. The summed E-state index contributed by atoms with van der Waals surface area (Å²) in [5.74, 6) is 0.289. The molecule has 0 atom stereocenters. The fourth-order valence-electron chi connectivity index (χ4n) is 1.70. The fourth-order valence-corrected chi connectivity index (χ4v) is 1.70. The molecule has 3 nitrogen and oxygen atoms in total. The number of aromatic hydroxyl groups is 1. The molecular formula is C14H17ClN2O. The maximum absolute atomic E-state index is 9.18. The van der Waals surface area contributed by atoms with Gasteiger partial charge in [-0.05, 0) is 48.4 Å². The van der Waals surface area contributed by atoms with Gasteiger partial charge in [-0.2, -0.15) is 0 Å². The van der Waals surface area contributed by atoms with Gasteiger partial charge in [0.05, 0.1) is 0 Å². The van der Waals surface area contributed by atoms with Crippen LogP contribution in [0.1, 0.15) is 11.1 Å². The molecule has 0 spiro atoms. The molecule has 0 heterocycles. The number of benzene rings is 2. The van der Waals surface area contributed by atoms with E-state index in [1.54, 1.807) is 12.1 Å². The molecule has 4 N–H and O–H groups in total. The highest BCUT2D eigenvalue weighted by Crippen LogP contribution is 2.19. The Balaban J connectivity index is 0.00000162. The Labute approximate surface area is 113 Å². The first-order chi connectivity index (χ1) is 8.15. The lowest BCUT2D eigenvalue weighted by Crippen LogP contribution is -2.01. The summed E-state index contributed by atoms with van der Waals surface area (Å²) in [4.78, 5) is 0. The van der Waals surface area contributed by atoms with Crippen molar-refractivity contribution in [3.63, 3.8) is 0 Å². The van der Waals surface area contributed by atoms with Crippen LogP contribution in [0, 0.1) is 6.92 Å². The summed E-state index contributed by atoms with van der Waals surface area (Å²) in [6.45, 7) is 2.75. The Morgan fingerprint density at radius 3 is 2.39 bits per heavy atom. The molecule has 0 aliphatic rings. The summed E-state index contributed by atoms with van der Waals surface area (Å²) in [5.41, 5.74) is 9.80. The van der Waals surface area contributed by atoms with Gasteiger partial charge in [-0.15, -0.1) is 12.4 Å². The van der Waals surface area contributed by atoms with Gasteiger partial charge in [0, 0.05) is 17.9 Å². The van der Waals surface area contributed by atoms with Crippen LogP contribution in [-0.4, -0.2) is 5.11 Å². The standard InChI is InChI=1S/C14H16N2O.ClH/c1-10-8-12(15)4-7-14(10)16-9-11-2-5-13(17)6-3-11;/h2-8,16-17H,9,15H2,1H3;1H. The first kappa shape index (κ1) is 14.2. The molecule has 0 saturated carbocycles. The van der Waals surface area contributed by atoms with Crippen LogP contribution < -0.4 is 11.1 Å². The zero-order chi connectivity index (χ0) is 12.3. The molecule has 0 aliphatic carbocycles. The number of aryl methyl sites for hydroxylation is 1. The molecular weight excluding hydrogens is 248 g/mol. The number of nitrogens with two attached hydrogens (primary N) is 1. The van der Waals surface area contributed by atoms with Crippen molar-refractivity contribution >= 4 is 23.8 Å². The van der Waals surface area contributed by atoms with Gasteiger partial charge >= 0.3 is 0 Å². The molecule has 2 aromatic rings. The maximum Gasteiger partial charge on any atom is 0.115 e. The van der Waals surface area contributed by atoms with E-state index in [1.807, 2.05) is 37.3 Å².